The monoisotopic (exact) mass is 249 g/mol. The summed E-state index contributed by atoms with van der Waals surface area (Å²) in [7, 11) is 3.22. The van der Waals surface area contributed by atoms with E-state index in [-0.39, 0.29) is 11.4 Å². The maximum Gasteiger partial charge on any atom is 0.370 e. The van der Waals surface area contributed by atoms with E-state index >= 15 is 0 Å². The summed E-state index contributed by atoms with van der Waals surface area (Å²) < 4.78 is 17.4. The maximum absolute atomic E-state index is 5.83. The van der Waals surface area contributed by atoms with Crippen molar-refractivity contribution in [2.45, 2.75) is 50.3 Å². The van der Waals surface area contributed by atoms with Crippen molar-refractivity contribution in [2.24, 2.45) is 0 Å². The molecule has 1 aliphatic heterocycles. The van der Waals surface area contributed by atoms with Crippen molar-refractivity contribution in [3.63, 3.8) is 0 Å². The molecular weight excluding hydrogens is 222 g/mol. The lowest BCUT2D eigenvalue weighted by molar-refractivity contribution is -0.0149. The van der Waals surface area contributed by atoms with E-state index < -0.39 is 8.56 Å². The summed E-state index contributed by atoms with van der Waals surface area (Å²) in [4.78, 5) is 0. The lowest BCUT2D eigenvalue weighted by atomic mass is 10.1. The third kappa shape index (κ3) is 2.48. The fourth-order valence-electron chi connectivity index (χ4n) is 2.92. The molecule has 0 aromatic rings. The van der Waals surface area contributed by atoms with E-state index in [2.05, 4.69) is 6.92 Å². The Bertz CT molecular complexity index is 196. The van der Waals surface area contributed by atoms with E-state index in [0.29, 0.717) is 0 Å². The maximum atomic E-state index is 5.83. The van der Waals surface area contributed by atoms with Crippen molar-refractivity contribution < 1.29 is 13.6 Å². The highest BCUT2D eigenvalue weighted by molar-refractivity contribution is 6.70. The average molecular weight is 249 g/mol. The van der Waals surface area contributed by atoms with Gasteiger partial charge in [-0.15, -0.1) is 0 Å². The minimum Gasteiger partial charge on any atom is -0.396 e. The normalized spacial score (nSPS) is 28.5. The van der Waals surface area contributed by atoms with Gasteiger partial charge in [-0.05, 0) is 18.9 Å². The Morgan fingerprint density at radius 1 is 1.12 bits per heavy atom. The second-order valence-corrected chi connectivity index (χ2v) is 8.05. The van der Waals surface area contributed by atoms with Crippen LogP contribution in [0.5, 0.6) is 0 Å². The van der Waals surface area contributed by atoms with Gasteiger partial charge in [0.05, 0.1) is 0 Å². The predicted molar refractivity (Wildman–Crippen MR) is 68.1 cm³/mol. The molecule has 0 bridgehead atoms. The molecule has 0 radical (unpaired) electrons. The first-order valence-electron chi connectivity index (χ1n) is 5.85. The standard InChI is InChI=1S/C11H24O3Si.H3N/c1-5-8-11(12-2)9-6-7-10-15(11,13-3)14-4;/h5-10H2,1-4H3;1H3. The zero-order valence-electron chi connectivity index (χ0n) is 11.2. The molecule has 4 nitrogen and oxygen atoms in total. The molecule has 0 aliphatic carbocycles. The van der Waals surface area contributed by atoms with Crippen LogP contribution in [0.3, 0.4) is 0 Å². The van der Waals surface area contributed by atoms with Crippen molar-refractivity contribution >= 4 is 8.56 Å². The van der Waals surface area contributed by atoms with Crippen LogP contribution in [0.25, 0.3) is 0 Å². The van der Waals surface area contributed by atoms with Crippen LogP contribution in [0, 0.1) is 0 Å². The second-order valence-electron chi connectivity index (χ2n) is 4.32. The van der Waals surface area contributed by atoms with Crippen LogP contribution >= 0.6 is 0 Å². The highest BCUT2D eigenvalue weighted by atomic mass is 28.4. The topological polar surface area (TPSA) is 62.7 Å². The Hall–Kier alpha value is 0.0569. The van der Waals surface area contributed by atoms with Crippen molar-refractivity contribution in [3.8, 4) is 0 Å². The summed E-state index contributed by atoms with van der Waals surface area (Å²) >= 11 is 0. The smallest absolute Gasteiger partial charge is 0.370 e. The van der Waals surface area contributed by atoms with Crippen molar-refractivity contribution in [1.29, 1.82) is 0 Å². The molecule has 0 amide bonds. The molecule has 3 N–H and O–H groups in total. The summed E-state index contributed by atoms with van der Waals surface area (Å²) in [5.74, 6) is 0. The van der Waals surface area contributed by atoms with Gasteiger partial charge in [0.25, 0.3) is 0 Å². The van der Waals surface area contributed by atoms with E-state index in [0.717, 1.165) is 25.3 Å². The fourth-order valence-corrected chi connectivity index (χ4v) is 6.91. The zero-order valence-corrected chi connectivity index (χ0v) is 12.2. The third-order valence-corrected chi connectivity index (χ3v) is 8.16. The summed E-state index contributed by atoms with van der Waals surface area (Å²) in [6.07, 6.45) is 5.70. The Balaban J connectivity index is 0.00000225. The first-order chi connectivity index (χ1) is 7.20. The molecule has 0 saturated carbocycles. The Morgan fingerprint density at radius 3 is 2.19 bits per heavy atom. The van der Waals surface area contributed by atoms with Gasteiger partial charge < -0.3 is 19.7 Å². The molecule has 1 aliphatic rings. The molecule has 5 heteroatoms. The van der Waals surface area contributed by atoms with Gasteiger partial charge in [-0.2, -0.15) is 0 Å². The molecule has 0 aromatic carbocycles. The number of hydrogen-bond acceptors (Lipinski definition) is 4. The molecule has 1 heterocycles. The lowest BCUT2D eigenvalue weighted by Crippen LogP contribution is -2.64. The number of ether oxygens (including phenoxy) is 1. The second kappa shape index (κ2) is 6.71. The van der Waals surface area contributed by atoms with Gasteiger partial charge in [0.1, 0.15) is 5.22 Å². The van der Waals surface area contributed by atoms with Gasteiger partial charge in [-0.1, -0.05) is 26.2 Å². The SMILES string of the molecule is CCCC1(OC)CCCC[Si]1(OC)OC.N. The first-order valence-corrected chi connectivity index (χ1v) is 7.88. The molecule has 1 rings (SSSR count). The summed E-state index contributed by atoms with van der Waals surface area (Å²) in [6.45, 7) is 2.19. The Kier molecular flexibility index (Phi) is 6.73. The largest absolute Gasteiger partial charge is 0.396 e. The van der Waals surface area contributed by atoms with E-state index in [1.807, 2.05) is 0 Å². The molecule has 1 atom stereocenters. The van der Waals surface area contributed by atoms with Crippen LogP contribution in [0.4, 0.5) is 0 Å². The molecule has 98 valence electrons. The van der Waals surface area contributed by atoms with Gasteiger partial charge in [0, 0.05) is 21.3 Å². The highest BCUT2D eigenvalue weighted by Crippen LogP contribution is 2.42. The fraction of sp³-hybridized carbons (Fsp3) is 1.00. The third-order valence-electron chi connectivity index (χ3n) is 3.73. The van der Waals surface area contributed by atoms with Crippen molar-refractivity contribution in [2.75, 3.05) is 21.3 Å². The van der Waals surface area contributed by atoms with E-state index in [4.69, 9.17) is 13.6 Å². The molecule has 0 spiro atoms. The Labute approximate surface area is 100 Å². The summed E-state index contributed by atoms with van der Waals surface area (Å²) in [6, 6.07) is 1.06. The molecular formula is C11H27NO3Si. The van der Waals surface area contributed by atoms with Crippen LogP contribution in [0.15, 0.2) is 0 Å². The highest BCUT2D eigenvalue weighted by Gasteiger charge is 2.58. The number of methoxy groups -OCH3 is 1. The first kappa shape index (κ1) is 16.1. The zero-order chi connectivity index (χ0) is 11.4. The van der Waals surface area contributed by atoms with Gasteiger partial charge in [0.2, 0.25) is 0 Å². The molecule has 1 saturated heterocycles. The van der Waals surface area contributed by atoms with Gasteiger partial charge in [-0.3, -0.25) is 0 Å². The average Bonchev–Trinajstić information content (AvgIpc) is 2.30. The van der Waals surface area contributed by atoms with Crippen LogP contribution in [-0.4, -0.2) is 35.1 Å². The number of hydrogen-bond donors (Lipinski definition) is 1. The minimum atomic E-state index is -2.15. The lowest BCUT2D eigenvalue weighted by Gasteiger charge is -2.47. The predicted octanol–water partition coefficient (Wildman–Crippen LogP) is 2.79. The van der Waals surface area contributed by atoms with Gasteiger partial charge >= 0.3 is 8.56 Å². The minimum absolute atomic E-state index is 0. The van der Waals surface area contributed by atoms with Gasteiger partial charge in [-0.25, -0.2) is 0 Å². The van der Waals surface area contributed by atoms with Crippen LogP contribution < -0.4 is 6.15 Å². The molecule has 1 fully saturated rings. The van der Waals surface area contributed by atoms with Crippen LogP contribution in [0.2, 0.25) is 6.04 Å². The summed E-state index contributed by atoms with van der Waals surface area (Å²) in [5.41, 5.74) is 0. The van der Waals surface area contributed by atoms with E-state index in [9.17, 15) is 0 Å². The van der Waals surface area contributed by atoms with Crippen molar-refractivity contribution in [1.82, 2.24) is 6.15 Å². The quantitative estimate of drug-likeness (QED) is 0.761. The Morgan fingerprint density at radius 2 is 1.75 bits per heavy atom. The number of rotatable bonds is 5. The summed E-state index contributed by atoms with van der Waals surface area (Å²) in [5, 5.41) is -0.122. The van der Waals surface area contributed by atoms with Crippen LogP contribution in [0.1, 0.15) is 39.0 Å². The molecule has 16 heavy (non-hydrogen) atoms. The van der Waals surface area contributed by atoms with E-state index in [1.165, 1.54) is 12.8 Å². The van der Waals surface area contributed by atoms with E-state index in [1.54, 1.807) is 21.3 Å². The molecule has 0 aromatic heterocycles. The van der Waals surface area contributed by atoms with Gasteiger partial charge in [0.15, 0.2) is 0 Å². The van der Waals surface area contributed by atoms with Crippen LogP contribution in [-0.2, 0) is 13.6 Å². The van der Waals surface area contributed by atoms with Crippen molar-refractivity contribution in [3.05, 3.63) is 0 Å². The molecule has 1 unspecified atom stereocenters.